The summed E-state index contributed by atoms with van der Waals surface area (Å²) in [5.41, 5.74) is 4.17. The molecule has 8 heteroatoms. The van der Waals surface area contributed by atoms with Crippen molar-refractivity contribution in [3.8, 4) is 0 Å². The molecule has 0 fully saturated rings. The Hall–Kier alpha value is -2.08. The van der Waals surface area contributed by atoms with Gasteiger partial charge in [0.2, 0.25) is 0 Å². The van der Waals surface area contributed by atoms with E-state index in [4.69, 9.17) is 39.5 Å². The van der Waals surface area contributed by atoms with Crippen LogP contribution in [-0.2, 0) is 24.1 Å². The van der Waals surface area contributed by atoms with Gasteiger partial charge in [0.05, 0.1) is 10.0 Å². The number of benzene rings is 2. The van der Waals surface area contributed by atoms with E-state index in [1.165, 1.54) is 11.3 Å². The van der Waals surface area contributed by atoms with E-state index in [0.717, 1.165) is 35.9 Å². The summed E-state index contributed by atoms with van der Waals surface area (Å²) in [7, 11) is 0. The fourth-order valence-electron chi connectivity index (χ4n) is 4.41. The molecule has 5 nitrogen and oxygen atoms in total. The number of alkyl carbamates (subject to hydrolysis) is 1. The van der Waals surface area contributed by atoms with E-state index < -0.39 is 11.7 Å². The van der Waals surface area contributed by atoms with Gasteiger partial charge in [-0.25, -0.2) is 4.79 Å². The summed E-state index contributed by atoms with van der Waals surface area (Å²) in [6.45, 7) is 6.72. The van der Waals surface area contributed by atoms with Crippen LogP contribution in [0.3, 0.4) is 0 Å². The minimum absolute atomic E-state index is 0.271. The SMILES string of the molecule is CC(C)(C)OC(=O)NCCn1c2c(c3cc(Cl)ccc31)CC(Nc1ccc(Cl)c(Cl)c1)CC2. The number of halogens is 3. The molecule has 4 rings (SSSR count). The molecule has 2 aromatic carbocycles. The number of hydrogen-bond acceptors (Lipinski definition) is 3. The molecule has 1 aliphatic carbocycles. The second kappa shape index (κ2) is 9.65. The van der Waals surface area contributed by atoms with Crippen molar-refractivity contribution in [1.82, 2.24) is 9.88 Å². The summed E-state index contributed by atoms with van der Waals surface area (Å²) in [6.07, 6.45) is 2.38. The summed E-state index contributed by atoms with van der Waals surface area (Å²) in [6, 6.07) is 11.9. The maximum absolute atomic E-state index is 12.1. The number of fused-ring (bicyclic) bond motifs is 3. The maximum Gasteiger partial charge on any atom is 0.407 e. The highest BCUT2D eigenvalue weighted by molar-refractivity contribution is 6.42. The van der Waals surface area contributed by atoms with E-state index in [-0.39, 0.29) is 6.04 Å². The highest BCUT2D eigenvalue weighted by Gasteiger charge is 2.26. The maximum atomic E-state index is 12.1. The average Bonchev–Trinajstić information content (AvgIpc) is 3.02. The van der Waals surface area contributed by atoms with Crippen LogP contribution in [0, 0.1) is 0 Å². The molecule has 0 bridgehead atoms. The predicted octanol–water partition coefficient (Wildman–Crippen LogP) is 7.10. The molecule has 1 amide bonds. The number of anilines is 1. The molecule has 176 valence electrons. The molecule has 2 N–H and O–H groups in total. The molecule has 33 heavy (non-hydrogen) atoms. The van der Waals surface area contributed by atoms with Crippen LogP contribution >= 0.6 is 34.8 Å². The summed E-state index contributed by atoms with van der Waals surface area (Å²) in [5, 5.41) is 9.43. The van der Waals surface area contributed by atoms with Crippen molar-refractivity contribution in [3.63, 3.8) is 0 Å². The lowest BCUT2D eigenvalue weighted by atomic mass is 9.91. The first kappa shape index (κ1) is 24.1. The standard InChI is InChI=1S/C25H28Cl3N3O2/c1-25(2,3)33-24(32)29-10-11-31-22-8-4-15(26)12-18(22)19-13-16(6-9-23(19)31)30-17-5-7-20(27)21(28)14-17/h4-5,7-8,12,14,16,30H,6,9-11,13H2,1-3H3,(H,29,32). The number of hydrogen-bond donors (Lipinski definition) is 2. The molecule has 0 saturated heterocycles. The molecule has 0 saturated carbocycles. The van der Waals surface area contributed by atoms with Crippen LogP contribution in [0.2, 0.25) is 15.1 Å². The molecule has 1 aliphatic rings. The topological polar surface area (TPSA) is 55.3 Å². The van der Waals surface area contributed by atoms with Gasteiger partial charge in [-0.05, 0) is 82.0 Å². The number of nitrogens with zero attached hydrogens (tertiary/aromatic N) is 1. The van der Waals surface area contributed by atoms with Gasteiger partial charge < -0.3 is 19.9 Å². The molecule has 0 aliphatic heterocycles. The Morgan fingerprint density at radius 1 is 1.12 bits per heavy atom. The molecule has 3 aromatic rings. The van der Waals surface area contributed by atoms with E-state index >= 15 is 0 Å². The number of carbonyl (C=O) groups excluding carboxylic acids is 1. The third kappa shape index (κ3) is 5.71. The number of amides is 1. The molecule has 1 unspecified atom stereocenters. The van der Waals surface area contributed by atoms with Gasteiger partial charge in [0, 0.05) is 46.4 Å². The largest absolute Gasteiger partial charge is 0.444 e. The fourth-order valence-corrected chi connectivity index (χ4v) is 4.88. The zero-order valence-corrected chi connectivity index (χ0v) is 21.2. The zero-order valence-electron chi connectivity index (χ0n) is 19.0. The van der Waals surface area contributed by atoms with Crippen LogP contribution in [0.25, 0.3) is 10.9 Å². The van der Waals surface area contributed by atoms with Crippen molar-refractivity contribution in [1.29, 1.82) is 0 Å². The lowest BCUT2D eigenvalue weighted by molar-refractivity contribution is 0.0526. The first-order chi connectivity index (χ1) is 15.6. The van der Waals surface area contributed by atoms with Gasteiger partial charge in [-0.15, -0.1) is 0 Å². The van der Waals surface area contributed by atoms with Gasteiger partial charge in [-0.2, -0.15) is 0 Å². The number of nitrogens with one attached hydrogen (secondary N) is 2. The van der Waals surface area contributed by atoms with Crippen LogP contribution in [0.15, 0.2) is 36.4 Å². The van der Waals surface area contributed by atoms with Crippen molar-refractivity contribution in [2.24, 2.45) is 0 Å². The minimum Gasteiger partial charge on any atom is -0.444 e. The van der Waals surface area contributed by atoms with Crippen LogP contribution in [0.4, 0.5) is 10.5 Å². The van der Waals surface area contributed by atoms with Gasteiger partial charge in [0.1, 0.15) is 5.60 Å². The van der Waals surface area contributed by atoms with E-state index in [1.807, 2.05) is 51.1 Å². The normalized spacial score (nSPS) is 15.9. The van der Waals surface area contributed by atoms with Gasteiger partial charge >= 0.3 is 6.09 Å². The van der Waals surface area contributed by atoms with Crippen LogP contribution < -0.4 is 10.6 Å². The Balaban J connectivity index is 1.54. The quantitative estimate of drug-likeness (QED) is 0.386. The monoisotopic (exact) mass is 507 g/mol. The van der Waals surface area contributed by atoms with E-state index in [1.54, 1.807) is 0 Å². The van der Waals surface area contributed by atoms with E-state index in [0.29, 0.717) is 28.2 Å². The smallest absolute Gasteiger partial charge is 0.407 e. The van der Waals surface area contributed by atoms with Crippen molar-refractivity contribution in [2.75, 3.05) is 11.9 Å². The number of ether oxygens (including phenoxy) is 1. The average molecular weight is 509 g/mol. The Labute approximate surface area is 209 Å². The zero-order chi connectivity index (χ0) is 23.8. The van der Waals surface area contributed by atoms with E-state index in [2.05, 4.69) is 21.3 Å². The second-order valence-electron chi connectivity index (χ2n) is 9.38. The molecular weight excluding hydrogens is 481 g/mol. The first-order valence-corrected chi connectivity index (χ1v) is 12.2. The number of aromatic nitrogens is 1. The highest BCUT2D eigenvalue weighted by Crippen LogP contribution is 2.35. The van der Waals surface area contributed by atoms with Gasteiger partial charge in [-0.3, -0.25) is 0 Å². The third-order valence-corrected chi connectivity index (χ3v) is 6.70. The minimum atomic E-state index is -0.517. The lowest BCUT2D eigenvalue weighted by Gasteiger charge is -2.26. The molecule has 1 aromatic heterocycles. The Morgan fingerprint density at radius 2 is 1.91 bits per heavy atom. The first-order valence-electron chi connectivity index (χ1n) is 11.1. The Kier molecular flexibility index (Phi) is 7.04. The van der Waals surface area contributed by atoms with Crippen LogP contribution in [0.1, 0.15) is 38.4 Å². The summed E-state index contributed by atoms with van der Waals surface area (Å²) >= 11 is 18.6. The molecular formula is C25H28Cl3N3O2. The molecule has 0 spiro atoms. The summed E-state index contributed by atoms with van der Waals surface area (Å²) < 4.78 is 7.66. The Morgan fingerprint density at radius 3 is 2.64 bits per heavy atom. The highest BCUT2D eigenvalue weighted by atomic mass is 35.5. The molecule has 0 radical (unpaired) electrons. The Bertz CT molecular complexity index is 1180. The molecule has 1 atom stereocenters. The molecule has 1 heterocycles. The number of rotatable bonds is 5. The second-order valence-corrected chi connectivity index (χ2v) is 10.6. The van der Waals surface area contributed by atoms with Crippen molar-refractivity contribution in [3.05, 3.63) is 62.7 Å². The fraction of sp³-hybridized carbons (Fsp3) is 0.400. The van der Waals surface area contributed by atoms with E-state index in [9.17, 15) is 4.79 Å². The lowest BCUT2D eigenvalue weighted by Crippen LogP contribution is -2.34. The third-order valence-electron chi connectivity index (χ3n) is 5.72. The number of carbonyl (C=O) groups is 1. The van der Waals surface area contributed by atoms with Crippen molar-refractivity contribution < 1.29 is 9.53 Å². The van der Waals surface area contributed by atoms with Crippen molar-refractivity contribution in [2.45, 2.75) is 58.2 Å². The van der Waals surface area contributed by atoms with Crippen LogP contribution in [0.5, 0.6) is 0 Å². The van der Waals surface area contributed by atoms with Gasteiger partial charge in [-0.1, -0.05) is 34.8 Å². The van der Waals surface area contributed by atoms with Crippen LogP contribution in [-0.4, -0.2) is 28.8 Å². The van der Waals surface area contributed by atoms with Crippen molar-refractivity contribution >= 4 is 57.5 Å². The predicted molar refractivity (Wildman–Crippen MR) is 137 cm³/mol. The van der Waals surface area contributed by atoms with Gasteiger partial charge in [0.25, 0.3) is 0 Å². The van der Waals surface area contributed by atoms with Gasteiger partial charge in [0.15, 0.2) is 0 Å². The summed E-state index contributed by atoms with van der Waals surface area (Å²) in [4.78, 5) is 12.1. The summed E-state index contributed by atoms with van der Waals surface area (Å²) in [5.74, 6) is 0.